The molecule has 5 fully saturated rings. The van der Waals surface area contributed by atoms with E-state index in [0.717, 1.165) is 33.4 Å². The fourth-order valence-electron chi connectivity index (χ4n) is 10.8. The van der Waals surface area contributed by atoms with Gasteiger partial charge in [-0.3, -0.25) is 0 Å². The molecule has 0 aromatic heterocycles. The van der Waals surface area contributed by atoms with Gasteiger partial charge in [0.25, 0.3) is 0 Å². The van der Waals surface area contributed by atoms with Crippen LogP contribution in [0, 0.1) is 0 Å². The first-order valence-corrected chi connectivity index (χ1v) is 27.1. The second kappa shape index (κ2) is 27.9. The Morgan fingerprint density at radius 3 is 1.27 bits per heavy atom. The van der Waals surface area contributed by atoms with E-state index in [4.69, 9.17) is 66.3 Å². The number of ether oxygens (including phenoxy) is 14. The summed E-state index contributed by atoms with van der Waals surface area (Å²) in [6, 6.07) is 55.5. The molecule has 6 aromatic carbocycles. The number of nitrogens with zero attached hydrogens (tertiary/aromatic N) is 6. The highest BCUT2D eigenvalue weighted by Crippen LogP contribution is 2.42. The van der Waals surface area contributed by atoms with Crippen LogP contribution in [-0.2, 0) is 92.7 Å². The number of rotatable bonds is 22. The molecule has 5 heterocycles. The standard InChI is InChI=1S/C61H64N6O14/c1-68-61-56(72-35-42-26-14-5-15-27-42)55(71-34-41-24-12-4-13-25-41)50(69-32-39-20-8-2-9-21-39)45(78-61)36-75-59-49(65-67-63)54(52-47(76-59)38-74-58(80-52)44-30-18-7-19-31-44)81-60-48(64-66-62)53(70-33-40-22-10-3-11-23-40)51-46(77-60)37-73-57(79-51)43-28-16-6-17-29-43/h2-31,45-61H,32-38H2,1H3/t45-,46-,47-,48-,49-,50-,51+,52+,53-,54-,55+,56-,57+,58+,59-,60+,61+/m1/s1. The highest BCUT2D eigenvalue weighted by atomic mass is 16.8. The molecule has 11 rings (SSSR count). The van der Waals surface area contributed by atoms with Crippen molar-refractivity contribution >= 4 is 0 Å². The Labute approximate surface area is 469 Å². The maximum atomic E-state index is 10.5. The monoisotopic (exact) mass is 1100 g/mol. The van der Waals surface area contributed by atoms with Crippen LogP contribution in [0.2, 0.25) is 0 Å². The third kappa shape index (κ3) is 13.8. The Hall–Kier alpha value is -6.62. The van der Waals surface area contributed by atoms with Crippen LogP contribution in [0.25, 0.3) is 20.9 Å². The molecule has 5 aliphatic rings. The molecular weight excluding hydrogens is 1040 g/mol. The Balaban J connectivity index is 0.909. The fourth-order valence-corrected chi connectivity index (χ4v) is 10.8. The first-order chi connectivity index (χ1) is 40.0. The first-order valence-electron chi connectivity index (χ1n) is 27.1. The second-order valence-corrected chi connectivity index (χ2v) is 20.1. The molecule has 0 N–H and O–H groups in total. The third-order valence-electron chi connectivity index (χ3n) is 14.8. The summed E-state index contributed by atoms with van der Waals surface area (Å²) in [4.78, 5) is 6.61. The van der Waals surface area contributed by atoms with Crippen LogP contribution in [0.3, 0.4) is 0 Å². The van der Waals surface area contributed by atoms with Gasteiger partial charge in [0.1, 0.15) is 73.1 Å². The molecule has 0 saturated carbocycles. The zero-order chi connectivity index (χ0) is 55.2. The van der Waals surface area contributed by atoms with Crippen molar-refractivity contribution in [3.8, 4) is 0 Å². The van der Waals surface area contributed by atoms with Gasteiger partial charge in [-0.15, -0.1) is 0 Å². The van der Waals surface area contributed by atoms with Crippen molar-refractivity contribution in [2.45, 2.75) is 131 Å². The molecule has 20 heteroatoms. The van der Waals surface area contributed by atoms with Crippen molar-refractivity contribution in [3.05, 3.63) is 236 Å². The number of hydrogen-bond donors (Lipinski definition) is 0. The molecule has 81 heavy (non-hydrogen) atoms. The first kappa shape index (κ1) is 56.3. The lowest BCUT2D eigenvalue weighted by atomic mass is 9.93. The summed E-state index contributed by atoms with van der Waals surface area (Å²) in [5, 5.41) is 8.63. The molecule has 0 aliphatic carbocycles. The average molecular weight is 1110 g/mol. The predicted molar refractivity (Wildman–Crippen MR) is 290 cm³/mol. The average Bonchev–Trinajstić information content (AvgIpc) is 3.71. The van der Waals surface area contributed by atoms with Gasteiger partial charge in [-0.25, -0.2) is 0 Å². The topological polar surface area (TPSA) is 227 Å². The fraction of sp³-hybridized carbons (Fsp3) is 0.410. The van der Waals surface area contributed by atoms with Gasteiger partial charge < -0.3 is 66.3 Å². The van der Waals surface area contributed by atoms with E-state index >= 15 is 0 Å². The molecular formula is C61H64N6O14. The number of fused-ring (bicyclic) bond motifs is 2. The van der Waals surface area contributed by atoms with Gasteiger partial charge in [0, 0.05) is 28.1 Å². The maximum Gasteiger partial charge on any atom is 0.186 e. The summed E-state index contributed by atoms with van der Waals surface area (Å²) >= 11 is 0. The Kier molecular flexibility index (Phi) is 19.4. The summed E-state index contributed by atoms with van der Waals surface area (Å²) in [7, 11) is 1.54. The minimum absolute atomic E-state index is 0.0125. The molecule has 20 nitrogen and oxygen atoms in total. The lowest BCUT2D eigenvalue weighted by Gasteiger charge is -2.52. The summed E-state index contributed by atoms with van der Waals surface area (Å²) in [6.45, 7) is 0.651. The van der Waals surface area contributed by atoms with Gasteiger partial charge in [0.05, 0.1) is 46.2 Å². The molecule has 5 saturated heterocycles. The van der Waals surface area contributed by atoms with Gasteiger partial charge in [-0.1, -0.05) is 192 Å². The molecule has 422 valence electrons. The van der Waals surface area contributed by atoms with Crippen LogP contribution in [0.1, 0.15) is 46.0 Å². The Morgan fingerprint density at radius 1 is 0.420 bits per heavy atom. The molecule has 6 aromatic rings. The summed E-state index contributed by atoms with van der Waals surface area (Å²) in [5.74, 6) is 0. The van der Waals surface area contributed by atoms with E-state index in [1.807, 2.05) is 182 Å². The largest absolute Gasteiger partial charge is 0.370 e. The molecule has 0 unspecified atom stereocenters. The third-order valence-corrected chi connectivity index (χ3v) is 14.8. The van der Waals surface area contributed by atoms with Crippen molar-refractivity contribution in [2.24, 2.45) is 10.2 Å². The van der Waals surface area contributed by atoms with Crippen molar-refractivity contribution in [1.29, 1.82) is 0 Å². The molecule has 5 aliphatic heterocycles. The van der Waals surface area contributed by atoms with Crippen molar-refractivity contribution in [2.75, 3.05) is 26.9 Å². The smallest absolute Gasteiger partial charge is 0.186 e. The summed E-state index contributed by atoms with van der Waals surface area (Å²) in [5.41, 5.74) is 25.9. The van der Waals surface area contributed by atoms with E-state index in [0.29, 0.717) is 0 Å². The predicted octanol–water partition coefficient (Wildman–Crippen LogP) is 10.1. The SMILES string of the molecule is CO[C@H]1O[C@H](CO[C@@H]2O[C@@H]3CO[C@H](c4ccccc4)O[C@@H]3[C@H](O[C@@H]3O[C@@H]4CO[C@H](c5ccccc5)O[C@@H]4[C@H](OCc4ccccc4)[C@H]3N=[N+]=[N-])[C@H]2N=[N+]=[N-])[C@@H](OCc2ccccc2)[C@H](OCc2ccccc2)[C@H]1OCc1ccccc1. The van der Waals surface area contributed by atoms with E-state index in [1.165, 1.54) is 0 Å². The van der Waals surface area contributed by atoms with Gasteiger partial charge in [0.2, 0.25) is 0 Å². The summed E-state index contributed by atoms with van der Waals surface area (Å²) in [6.07, 6.45) is -14.1. The number of methoxy groups -OCH3 is 1. The minimum atomic E-state index is -1.35. The van der Waals surface area contributed by atoms with Gasteiger partial charge >= 0.3 is 0 Å². The molecule has 0 bridgehead atoms. The zero-order valence-corrected chi connectivity index (χ0v) is 44.5. The van der Waals surface area contributed by atoms with E-state index in [9.17, 15) is 11.1 Å². The minimum Gasteiger partial charge on any atom is -0.370 e. The number of benzene rings is 6. The quantitative estimate of drug-likeness (QED) is 0.0350. The highest BCUT2D eigenvalue weighted by Gasteiger charge is 2.57. The van der Waals surface area contributed by atoms with Gasteiger partial charge in [0.15, 0.2) is 31.5 Å². The van der Waals surface area contributed by atoms with Crippen molar-refractivity contribution in [1.82, 2.24) is 0 Å². The lowest BCUT2D eigenvalue weighted by molar-refractivity contribution is -0.385. The number of azide groups is 2. The van der Waals surface area contributed by atoms with Crippen molar-refractivity contribution < 1.29 is 66.3 Å². The van der Waals surface area contributed by atoms with Gasteiger partial charge in [-0.2, -0.15) is 0 Å². The molecule has 0 radical (unpaired) electrons. The van der Waals surface area contributed by atoms with Crippen LogP contribution >= 0.6 is 0 Å². The van der Waals surface area contributed by atoms with E-state index in [2.05, 4.69) is 20.1 Å². The normalized spacial score (nSPS) is 31.8. The highest BCUT2D eigenvalue weighted by molar-refractivity contribution is 5.20. The van der Waals surface area contributed by atoms with Crippen LogP contribution < -0.4 is 0 Å². The zero-order valence-electron chi connectivity index (χ0n) is 44.5. The van der Waals surface area contributed by atoms with Crippen LogP contribution in [0.5, 0.6) is 0 Å². The molecule has 0 amide bonds. The van der Waals surface area contributed by atoms with E-state index < -0.39 is 105 Å². The Morgan fingerprint density at radius 2 is 0.815 bits per heavy atom. The van der Waals surface area contributed by atoms with E-state index in [-0.39, 0.29) is 46.2 Å². The lowest BCUT2D eigenvalue weighted by Crippen LogP contribution is -2.67. The van der Waals surface area contributed by atoms with Gasteiger partial charge in [-0.05, 0) is 33.3 Å². The van der Waals surface area contributed by atoms with Crippen LogP contribution in [0.15, 0.2) is 192 Å². The number of hydrogen-bond acceptors (Lipinski definition) is 16. The molecule has 17 atom stereocenters. The second-order valence-electron chi connectivity index (χ2n) is 20.1. The van der Waals surface area contributed by atoms with Crippen LogP contribution in [0.4, 0.5) is 0 Å². The van der Waals surface area contributed by atoms with Crippen LogP contribution in [-0.4, -0.2) is 119 Å². The van der Waals surface area contributed by atoms with Crippen molar-refractivity contribution in [3.63, 3.8) is 0 Å². The molecule has 0 spiro atoms. The maximum absolute atomic E-state index is 10.5. The summed E-state index contributed by atoms with van der Waals surface area (Å²) < 4.78 is 93.4. The Bertz CT molecular complexity index is 2960. The van der Waals surface area contributed by atoms with E-state index in [1.54, 1.807) is 7.11 Å².